The van der Waals surface area contributed by atoms with Crippen molar-refractivity contribution in [3.8, 4) is 0 Å². The van der Waals surface area contributed by atoms with E-state index in [0.29, 0.717) is 0 Å². The van der Waals surface area contributed by atoms with Gasteiger partial charge in [-0.1, -0.05) is 0 Å². The van der Waals surface area contributed by atoms with Crippen molar-refractivity contribution in [2.24, 2.45) is 5.41 Å². The molecule has 0 aromatic carbocycles. The first kappa shape index (κ1) is 47.5. The minimum atomic E-state index is -7.65. The van der Waals surface area contributed by atoms with Gasteiger partial charge in [-0.15, -0.1) is 26.3 Å². The molecule has 0 N–H and O–H groups in total. The van der Waals surface area contributed by atoms with Gasteiger partial charge in [0.05, 0.1) is 20.3 Å². The Balaban J connectivity index is 5.99. The number of halogens is 24. The van der Waals surface area contributed by atoms with Gasteiger partial charge in [0.25, 0.3) is 12.7 Å². The Morgan fingerprint density at radius 2 is 0.760 bits per heavy atom. The summed E-state index contributed by atoms with van der Waals surface area (Å²) in [6.45, 7) is -5.19. The van der Waals surface area contributed by atoms with Crippen LogP contribution in [0.1, 0.15) is 6.92 Å². The van der Waals surface area contributed by atoms with Crippen molar-refractivity contribution >= 4 is 5.97 Å². The van der Waals surface area contributed by atoms with Gasteiger partial charge in [0.15, 0.2) is 0 Å². The van der Waals surface area contributed by atoms with Crippen molar-refractivity contribution in [2.45, 2.75) is 80.9 Å². The maximum Gasteiger partial charge on any atom is 0.527 e. The molecule has 0 aromatic heterocycles. The molecule has 0 aliphatic rings. The number of alkyl halides is 24. The number of hydrogen-bond donors (Lipinski definition) is 0. The van der Waals surface area contributed by atoms with Gasteiger partial charge in [-0.25, -0.2) is 18.3 Å². The molecule has 2 atom stereocenters. The van der Waals surface area contributed by atoms with E-state index in [9.17, 15) is 110 Å². The Bertz CT molecular complexity index is 1060. The molecule has 0 aliphatic heterocycles. The lowest BCUT2D eigenvalue weighted by molar-refractivity contribution is -0.520. The summed E-state index contributed by atoms with van der Waals surface area (Å²) in [5, 5.41) is 0. The first-order chi connectivity index (χ1) is 21.6. The topological polar surface area (TPSA) is 81.7 Å². The summed E-state index contributed by atoms with van der Waals surface area (Å²) in [5.74, 6) is -17.6. The number of methoxy groups -OCH3 is 1. The summed E-state index contributed by atoms with van der Waals surface area (Å²) in [5.41, 5.74) is -3.54. The van der Waals surface area contributed by atoms with Gasteiger partial charge in [-0.05, 0) is 6.92 Å². The highest BCUT2D eigenvalue weighted by Crippen LogP contribution is 2.52. The summed E-state index contributed by atoms with van der Waals surface area (Å²) in [7, 11) is 0.205. The third-order valence-electron chi connectivity index (χ3n) is 4.83. The van der Waals surface area contributed by atoms with Crippen LogP contribution in [-0.2, 0) is 38.0 Å². The van der Waals surface area contributed by atoms with Gasteiger partial charge < -0.3 is 14.2 Å². The zero-order chi connectivity index (χ0) is 40.6. The average molecular weight is 812 g/mol. The van der Waals surface area contributed by atoms with E-state index in [4.69, 9.17) is 0 Å². The largest absolute Gasteiger partial charge is 0.527 e. The highest BCUT2D eigenvalue weighted by molar-refractivity contribution is 5.76. The van der Waals surface area contributed by atoms with Crippen molar-refractivity contribution in [2.75, 3.05) is 20.3 Å². The van der Waals surface area contributed by atoms with E-state index in [-0.39, 0.29) is 14.0 Å². The molecule has 0 saturated carbocycles. The maximum atomic E-state index is 13.9. The number of esters is 1. The van der Waals surface area contributed by atoms with Crippen molar-refractivity contribution in [3.05, 3.63) is 0 Å². The van der Waals surface area contributed by atoms with Crippen molar-refractivity contribution in [3.63, 3.8) is 0 Å². The summed E-state index contributed by atoms with van der Waals surface area (Å²) in [6.07, 6.45) is -66.8. The summed E-state index contributed by atoms with van der Waals surface area (Å²) in [6, 6.07) is 0. The van der Waals surface area contributed by atoms with Crippen LogP contribution in [-0.4, -0.2) is 100 Å². The molecule has 0 saturated heterocycles. The van der Waals surface area contributed by atoms with Gasteiger partial charge >= 0.3 is 67.2 Å². The molecule has 0 radical (unpaired) electrons. The summed E-state index contributed by atoms with van der Waals surface area (Å²) < 4.78 is 330. The quantitative estimate of drug-likeness (QED) is 0.0970. The highest BCUT2D eigenvalue weighted by atomic mass is 19.4. The first-order valence-electron chi connectivity index (χ1n) is 11.1. The summed E-state index contributed by atoms with van der Waals surface area (Å²) in [4.78, 5) is 11.8. The van der Waals surface area contributed by atoms with E-state index >= 15 is 0 Å². The maximum absolute atomic E-state index is 13.9. The number of hydrogen-bond acceptors (Lipinski definition) is 8. The number of carbonyl (C=O) groups excluding carboxylic acids is 1. The van der Waals surface area contributed by atoms with Gasteiger partial charge in [0.1, 0.15) is 5.41 Å². The minimum absolute atomic E-state index is 0.0389. The second kappa shape index (κ2) is 14.5. The molecule has 0 rings (SSSR count). The zero-order valence-corrected chi connectivity index (χ0v) is 22.9. The van der Waals surface area contributed by atoms with Crippen LogP contribution in [0.2, 0.25) is 0 Å². The van der Waals surface area contributed by atoms with Crippen LogP contribution in [0.15, 0.2) is 0 Å². The minimum Gasteiger partial charge on any atom is -0.468 e. The lowest BCUT2D eigenvalue weighted by Crippen LogP contribution is -2.60. The van der Waals surface area contributed by atoms with Crippen LogP contribution in [0.5, 0.6) is 0 Å². The van der Waals surface area contributed by atoms with Gasteiger partial charge in [-0.2, -0.15) is 70.2 Å². The Labute approximate surface area is 257 Å². The van der Waals surface area contributed by atoms with Crippen LogP contribution in [0.3, 0.4) is 0 Å². The van der Waals surface area contributed by atoms with E-state index < -0.39 is 98.5 Å². The third kappa shape index (κ3) is 11.3. The number of rotatable bonds is 19. The van der Waals surface area contributed by atoms with E-state index in [2.05, 4.69) is 14.2 Å². The molecule has 0 heterocycles. The molecule has 2 unspecified atom stereocenters. The molecule has 300 valence electrons. The predicted octanol–water partition coefficient (Wildman–Crippen LogP) is 7.72. The van der Waals surface area contributed by atoms with Crippen molar-refractivity contribution < 1.29 is 143 Å². The third-order valence-corrected chi connectivity index (χ3v) is 4.83. The molecular weight excluding hydrogens is 800 g/mol. The second-order valence-corrected chi connectivity index (χ2v) is 8.93. The van der Waals surface area contributed by atoms with Gasteiger partial charge in [0.2, 0.25) is 0 Å². The Hall–Kier alpha value is -2.45. The van der Waals surface area contributed by atoms with Crippen LogP contribution < -0.4 is 0 Å². The predicted molar refractivity (Wildman–Crippen MR) is 97.8 cm³/mol. The fourth-order valence-corrected chi connectivity index (χ4v) is 2.35. The molecule has 50 heavy (non-hydrogen) atoms. The van der Waals surface area contributed by atoms with Gasteiger partial charge in [0, 0.05) is 0 Å². The van der Waals surface area contributed by atoms with Crippen LogP contribution in [0.4, 0.5) is 105 Å². The zero-order valence-electron chi connectivity index (χ0n) is 22.9. The fraction of sp³-hybridized carbons (Fsp3) is 0.944. The second-order valence-electron chi connectivity index (χ2n) is 8.93. The number of carbonyl (C=O) groups is 1. The number of ether oxygens (including phenoxy) is 7. The van der Waals surface area contributed by atoms with E-state index in [1.807, 2.05) is 9.47 Å². The monoisotopic (exact) mass is 812 g/mol. The molecule has 0 fully saturated rings. The molecular formula is C18H12F24O8. The van der Waals surface area contributed by atoms with E-state index in [1.165, 1.54) is 9.47 Å². The molecule has 0 spiro atoms. The molecule has 8 nitrogen and oxygen atoms in total. The fourth-order valence-electron chi connectivity index (χ4n) is 2.35. The normalized spacial score (nSPS) is 17.7. The average Bonchev–Trinajstić information content (AvgIpc) is 2.86. The first-order valence-corrected chi connectivity index (χ1v) is 11.1. The van der Waals surface area contributed by atoms with Crippen LogP contribution >= 0.6 is 0 Å². The van der Waals surface area contributed by atoms with Gasteiger partial charge in [-0.3, -0.25) is 14.3 Å². The Morgan fingerprint density at radius 3 is 0.980 bits per heavy atom. The standard InChI is InChI=1S/C18H12F24O8/c1-8(7(43)44-2,3-45-9(21,22)5(19)47-13(29,30)11(25,26)15(33,34)49-17(37,38)39)4-46-10(23,24)6(20)48-14(31,32)12(27,28)16(35,36)50-18(40,41)42/h5-6H,3-4H2,1-2H3. The van der Waals surface area contributed by atoms with Crippen molar-refractivity contribution in [1.82, 2.24) is 0 Å². The lowest BCUT2D eigenvalue weighted by Gasteiger charge is -2.35. The molecule has 0 bridgehead atoms. The lowest BCUT2D eigenvalue weighted by atomic mass is 9.93. The van der Waals surface area contributed by atoms with Crippen molar-refractivity contribution in [1.29, 1.82) is 0 Å². The molecule has 0 aromatic rings. The van der Waals surface area contributed by atoms with E-state index in [1.54, 1.807) is 0 Å². The highest BCUT2D eigenvalue weighted by Gasteiger charge is 2.79. The van der Waals surface area contributed by atoms with Crippen LogP contribution in [0, 0.1) is 5.41 Å². The van der Waals surface area contributed by atoms with E-state index in [0.717, 1.165) is 0 Å². The summed E-state index contributed by atoms with van der Waals surface area (Å²) >= 11 is 0. The molecule has 32 heteroatoms. The Kier molecular flexibility index (Phi) is 13.8. The molecule has 0 aliphatic carbocycles. The van der Waals surface area contributed by atoms with Crippen LogP contribution in [0.25, 0.3) is 0 Å². The molecule has 0 amide bonds. The Morgan fingerprint density at radius 1 is 0.500 bits per heavy atom. The smallest absolute Gasteiger partial charge is 0.468 e. The SMILES string of the molecule is COC(=O)C(C)(COC(F)(F)C(F)OC(F)(F)C(F)(F)C(F)(F)OC(F)(F)F)COC(F)(F)C(F)OC(F)(F)C(F)(F)C(F)(F)OC(F)(F)F.